The molecule has 0 spiro atoms. The highest BCUT2D eigenvalue weighted by Crippen LogP contribution is 2.26. The third-order valence-electron chi connectivity index (χ3n) is 3.10. The maximum atomic E-state index is 6.00. The first-order chi connectivity index (χ1) is 8.74. The number of morpholine rings is 1. The fourth-order valence-electron chi connectivity index (χ4n) is 2.28. The minimum Gasteiger partial charge on any atom is -0.375 e. The molecule has 1 saturated heterocycles. The quantitative estimate of drug-likeness (QED) is 0.741. The van der Waals surface area contributed by atoms with Crippen LogP contribution < -0.4 is 4.90 Å². The Morgan fingerprint density at radius 3 is 3.00 bits per heavy atom. The Kier molecular flexibility index (Phi) is 3.06. The summed E-state index contributed by atoms with van der Waals surface area (Å²) in [4.78, 5) is 10.8. The molecule has 0 aliphatic carbocycles. The summed E-state index contributed by atoms with van der Waals surface area (Å²) in [5, 5.41) is 1.33. The molecular formula is C13H14ClN3O. The number of anilines is 1. The van der Waals surface area contributed by atoms with Crippen LogP contribution in [0.4, 0.5) is 5.82 Å². The molecule has 1 fully saturated rings. The van der Waals surface area contributed by atoms with Crippen molar-refractivity contribution in [2.75, 3.05) is 24.6 Å². The third-order valence-corrected chi connectivity index (χ3v) is 3.27. The van der Waals surface area contributed by atoms with E-state index in [0.717, 1.165) is 36.4 Å². The van der Waals surface area contributed by atoms with Gasteiger partial charge in [0.15, 0.2) is 0 Å². The lowest BCUT2D eigenvalue weighted by Gasteiger charge is -2.32. The minimum absolute atomic E-state index is 0.214. The molecule has 0 N–H and O–H groups in total. The first kappa shape index (κ1) is 11.7. The Balaban J connectivity index is 2.09. The van der Waals surface area contributed by atoms with Crippen LogP contribution in [0.1, 0.15) is 6.92 Å². The molecule has 1 aromatic heterocycles. The number of rotatable bonds is 1. The van der Waals surface area contributed by atoms with Crippen molar-refractivity contribution in [2.24, 2.45) is 0 Å². The van der Waals surface area contributed by atoms with Crippen molar-refractivity contribution < 1.29 is 4.74 Å². The summed E-state index contributed by atoms with van der Waals surface area (Å²) in [6, 6.07) is 7.93. The van der Waals surface area contributed by atoms with E-state index >= 15 is 0 Å². The zero-order chi connectivity index (χ0) is 12.5. The molecule has 0 saturated carbocycles. The van der Waals surface area contributed by atoms with Gasteiger partial charge in [-0.15, -0.1) is 0 Å². The SMILES string of the molecule is CC1CN(c2nc(Cl)nc3ccccc23)CCO1. The molecule has 5 heteroatoms. The van der Waals surface area contributed by atoms with E-state index in [9.17, 15) is 0 Å². The van der Waals surface area contributed by atoms with E-state index in [-0.39, 0.29) is 6.10 Å². The summed E-state index contributed by atoms with van der Waals surface area (Å²) in [5.74, 6) is 0.903. The monoisotopic (exact) mass is 263 g/mol. The van der Waals surface area contributed by atoms with Crippen molar-refractivity contribution in [3.8, 4) is 0 Å². The Hall–Kier alpha value is -1.39. The van der Waals surface area contributed by atoms with Gasteiger partial charge < -0.3 is 9.64 Å². The van der Waals surface area contributed by atoms with Crippen molar-refractivity contribution in [1.82, 2.24) is 9.97 Å². The predicted molar refractivity (Wildman–Crippen MR) is 72.2 cm³/mol. The second kappa shape index (κ2) is 4.71. The summed E-state index contributed by atoms with van der Waals surface area (Å²) in [5.41, 5.74) is 0.881. The summed E-state index contributed by atoms with van der Waals surface area (Å²) < 4.78 is 5.55. The Morgan fingerprint density at radius 2 is 2.17 bits per heavy atom. The average molecular weight is 264 g/mol. The maximum Gasteiger partial charge on any atom is 0.224 e. The summed E-state index contributed by atoms with van der Waals surface area (Å²) in [7, 11) is 0. The fraction of sp³-hybridized carbons (Fsp3) is 0.385. The number of fused-ring (bicyclic) bond motifs is 1. The molecule has 1 unspecified atom stereocenters. The molecule has 0 bridgehead atoms. The Morgan fingerprint density at radius 1 is 1.33 bits per heavy atom. The van der Waals surface area contributed by atoms with Gasteiger partial charge in [0.1, 0.15) is 5.82 Å². The van der Waals surface area contributed by atoms with Gasteiger partial charge in [-0.05, 0) is 30.7 Å². The van der Waals surface area contributed by atoms with Gasteiger partial charge >= 0.3 is 0 Å². The van der Waals surface area contributed by atoms with Crippen LogP contribution in [0.5, 0.6) is 0 Å². The van der Waals surface area contributed by atoms with E-state index < -0.39 is 0 Å². The molecule has 0 amide bonds. The van der Waals surface area contributed by atoms with E-state index in [1.54, 1.807) is 0 Å². The lowest BCUT2D eigenvalue weighted by molar-refractivity contribution is 0.0530. The fourth-order valence-corrected chi connectivity index (χ4v) is 2.46. The summed E-state index contributed by atoms with van der Waals surface area (Å²) in [6.07, 6.45) is 0.214. The molecule has 2 aromatic rings. The molecule has 0 radical (unpaired) electrons. The lowest BCUT2D eigenvalue weighted by atomic mass is 10.2. The van der Waals surface area contributed by atoms with Crippen molar-refractivity contribution in [3.05, 3.63) is 29.5 Å². The standard InChI is InChI=1S/C13H14ClN3O/c1-9-8-17(6-7-18-9)12-10-4-2-3-5-11(10)15-13(14)16-12/h2-5,9H,6-8H2,1H3. The zero-order valence-electron chi connectivity index (χ0n) is 10.1. The number of aromatic nitrogens is 2. The second-order valence-electron chi connectivity index (χ2n) is 4.46. The number of hydrogen-bond donors (Lipinski definition) is 0. The summed E-state index contributed by atoms with van der Waals surface area (Å²) in [6.45, 7) is 4.45. The molecule has 1 aliphatic heterocycles. The number of benzene rings is 1. The van der Waals surface area contributed by atoms with Crippen molar-refractivity contribution >= 4 is 28.3 Å². The van der Waals surface area contributed by atoms with Crippen molar-refractivity contribution in [2.45, 2.75) is 13.0 Å². The molecule has 1 aliphatic rings. The highest BCUT2D eigenvalue weighted by atomic mass is 35.5. The number of ether oxygens (including phenoxy) is 1. The van der Waals surface area contributed by atoms with Crippen LogP contribution in [0.15, 0.2) is 24.3 Å². The molecule has 2 heterocycles. The Bertz CT molecular complexity index is 575. The van der Waals surface area contributed by atoms with E-state index in [0.29, 0.717) is 5.28 Å². The predicted octanol–water partition coefficient (Wildman–Crippen LogP) is 2.51. The lowest BCUT2D eigenvalue weighted by Crippen LogP contribution is -2.41. The average Bonchev–Trinajstić information content (AvgIpc) is 2.37. The van der Waals surface area contributed by atoms with Gasteiger partial charge in [-0.25, -0.2) is 4.98 Å². The molecule has 1 aromatic carbocycles. The van der Waals surface area contributed by atoms with Crippen molar-refractivity contribution in [1.29, 1.82) is 0 Å². The van der Waals surface area contributed by atoms with Gasteiger partial charge in [0, 0.05) is 18.5 Å². The second-order valence-corrected chi connectivity index (χ2v) is 4.80. The van der Waals surface area contributed by atoms with Crippen LogP contribution >= 0.6 is 11.6 Å². The molecule has 18 heavy (non-hydrogen) atoms. The first-order valence-corrected chi connectivity index (χ1v) is 6.40. The highest BCUT2D eigenvalue weighted by Gasteiger charge is 2.20. The summed E-state index contributed by atoms with van der Waals surface area (Å²) >= 11 is 6.00. The van der Waals surface area contributed by atoms with Gasteiger partial charge in [0.25, 0.3) is 0 Å². The highest BCUT2D eigenvalue weighted by molar-refractivity contribution is 6.28. The van der Waals surface area contributed by atoms with E-state index in [2.05, 4.69) is 21.8 Å². The van der Waals surface area contributed by atoms with Crippen molar-refractivity contribution in [3.63, 3.8) is 0 Å². The normalized spacial score (nSPS) is 20.3. The van der Waals surface area contributed by atoms with Crippen LogP contribution in [-0.4, -0.2) is 35.8 Å². The van der Waals surface area contributed by atoms with Gasteiger partial charge in [-0.2, -0.15) is 4.98 Å². The molecule has 94 valence electrons. The van der Waals surface area contributed by atoms with Gasteiger partial charge in [0.05, 0.1) is 18.2 Å². The smallest absolute Gasteiger partial charge is 0.224 e. The van der Waals surface area contributed by atoms with Crippen LogP contribution in [0, 0.1) is 0 Å². The Labute approximate surface area is 111 Å². The van der Waals surface area contributed by atoms with Crippen LogP contribution in [-0.2, 0) is 4.74 Å². The first-order valence-electron chi connectivity index (χ1n) is 6.03. The van der Waals surface area contributed by atoms with Gasteiger partial charge in [0.2, 0.25) is 5.28 Å². The van der Waals surface area contributed by atoms with E-state index in [4.69, 9.17) is 16.3 Å². The van der Waals surface area contributed by atoms with Crippen LogP contribution in [0.2, 0.25) is 5.28 Å². The third kappa shape index (κ3) is 2.13. The van der Waals surface area contributed by atoms with E-state index in [1.165, 1.54) is 0 Å². The molecule has 1 atom stereocenters. The van der Waals surface area contributed by atoms with Gasteiger partial charge in [-0.1, -0.05) is 12.1 Å². The molecular weight excluding hydrogens is 250 g/mol. The minimum atomic E-state index is 0.214. The topological polar surface area (TPSA) is 38.2 Å². The zero-order valence-corrected chi connectivity index (χ0v) is 10.9. The van der Waals surface area contributed by atoms with Gasteiger partial charge in [-0.3, -0.25) is 0 Å². The van der Waals surface area contributed by atoms with Crippen LogP contribution in [0.3, 0.4) is 0 Å². The number of hydrogen-bond acceptors (Lipinski definition) is 4. The molecule has 3 rings (SSSR count). The largest absolute Gasteiger partial charge is 0.375 e. The maximum absolute atomic E-state index is 6.00. The molecule has 4 nitrogen and oxygen atoms in total. The number of halogens is 1. The number of para-hydroxylation sites is 1. The number of nitrogens with zero attached hydrogens (tertiary/aromatic N) is 3. The van der Waals surface area contributed by atoms with E-state index in [1.807, 2.05) is 24.3 Å². The van der Waals surface area contributed by atoms with Crippen LogP contribution in [0.25, 0.3) is 10.9 Å².